The summed E-state index contributed by atoms with van der Waals surface area (Å²) in [5.41, 5.74) is 0.986. The molecule has 34 heavy (non-hydrogen) atoms. The highest BCUT2D eigenvalue weighted by molar-refractivity contribution is 6.32. The van der Waals surface area contributed by atoms with Gasteiger partial charge in [-0.25, -0.2) is 9.59 Å². The van der Waals surface area contributed by atoms with Gasteiger partial charge in [0.25, 0.3) is 0 Å². The van der Waals surface area contributed by atoms with Crippen molar-refractivity contribution in [1.29, 1.82) is 0 Å². The van der Waals surface area contributed by atoms with E-state index in [1.807, 2.05) is 6.07 Å². The number of nitrogens with one attached hydrogen (secondary N) is 1. The number of para-hydroxylation sites is 1. The van der Waals surface area contributed by atoms with E-state index in [0.29, 0.717) is 25.0 Å². The minimum atomic E-state index is -1.12. The van der Waals surface area contributed by atoms with Crippen molar-refractivity contribution >= 4 is 31.3 Å². The molecule has 0 aromatic heterocycles. The number of Topliss-reactive ketones (excluding diaryl/α,β-unsaturated/α-hetero) is 1. The zero-order chi connectivity index (χ0) is 24.5. The molecular weight excluding hydrogens is 441 g/mol. The number of amides is 1. The molecule has 10 heteroatoms. The second kappa shape index (κ2) is 12.4. The third-order valence-electron chi connectivity index (χ3n) is 5.86. The van der Waals surface area contributed by atoms with Crippen molar-refractivity contribution in [2.24, 2.45) is 0 Å². The van der Waals surface area contributed by atoms with Crippen molar-refractivity contribution in [3.63, 3.8) is 0 Å². The van der Waals surface area contributed by atoms with E-state index in [-0.39, 0.29) is 43.2 Å². The third-order valence-corrected chi connectivity index (χ3v) is 5.86. The molecule has 184 valence electrons. The summed E-state index contributed by atoms with van der Waals surface area (Å²) in [6, 6.07) is 5.11. The Morgan fingerprint density at radius 1 is 1.12 bits per heavy atom. The number of ether oxygens (including phenoxy) is 3. The minimum absolute atomic E-state index is 0.0583. The number of esters is 1. The maximum absolute atomic E-state index is 12.7. The predicted octanol–water partition coefficient (Wildman–Crippen LogP) is 3.16. The Bertz CT molecular complexity index is 899. The Balaban J connectivity index is 1.50. The molecule has 1 N–H and O–H groups in total. The Kier molecular flexibility index (Phi) is 9.36. The summed E-state index contributed by atoms with van der Waals surface area (Å²) in [4.78, 5) is 47.8. The first-order chi connectivity index (χ1) is 16.3. The molecular formula is C24H32BNO8. The average Bonchev–Trinajstić information content (AvgIpc) is 2.78. The Morgan fingerprint density at radius 2 is 1.88 bits per heavy atom. The number of hydrogen-bond donors (Lipinski definition) is 1. The van der Waals surface area contributed by atoms with Crippen molar-refractivity contribution in [1.82, 2.24) is 5.32 Å². The predicted molar refractivity (Wildman–Crippen MR) is 124 cm³/mol. The maximum Gasteiger partial charge on any atom is 0.511 e. The van der Waals surface area contributed by atoms with E-state index in [2.05, 4.69) is 5.32 Å². The van der Waals surface area contributed by atoms with Crippen LogP contribution in [0.15, 0.2) is 18.2 Å². The van der Waals surface area contributed by atoms with Gasteiger partial charge < -0.3 is 29.0 Å². The molecule has 2 atom stereocenters. The molecule has 0 radical (unpaired) electrons. The summed E-state index contributed by atoms with van der Waals surface area (Å²) in [7, 11) is 0.204. The molecule has 9 nitrogen and oxygen atoms in total. The van der Waals surface area contributed by atoms with Crippen LogP contribution in [0.1, 0.15) is 81.1 Å². The number of hydrogen-bond acceptors (Lipinski definition) is 8. The van der Waals surface area contributed by atoms with E-state index in [9.17, 15) is 19.2 Å². The van der Waals surface area contributed by atoms with E-state index >= 15 is 0 Å². The molecule has 1 saturated carbocycles. The van der Waals surface area contributed by atoms with Gasteiger partial charge in [0.1, 0.15) is 23.2 Å². The van der Waals surface area contributed by atoms with Crippen LogP contribution >= 0.6 is 0 Å². The summed E-state index contributed by atoms with van der Waals surface area (Å²) in [6.45, 7) is 2.95. The Hall–Kier alpha value is -3.04. The molecule has 1 fully saturated rings. The van der Waals surface area contributed by atoms with Crippen molar-refractivity contribution in [3.05, 3.63) is 29.3 Å². The second-order valence-corrected chi connectivity index (χ2v) is 8.85. The lowest BCUT2D eigenvalue weighted by atomic mass is 9.79. The lowest BCUT2D eigenvalue weighted by molar-refractivity contribution is -0.121. The van der Waals surface area contributed by atoms with Crippen LogP contribution in [0, 0.1) is 0 Å². The van der Waals surface area contributed by atoms with E-state index in [4.69, 9.17) is 18.9 Å². The summed E-state index contributed by atoms with van der Waals surface area (Å²) in [5.74, 6) is -0.601. The third kappa shape index (κ3) is 7.78. The van der Waals surface area contributed by atoms with E-state index < -0.39 is 18.4 Å². The molecule has 2 unspecified atom stereocenters. The van der Waals surface area contributed by atoms with Crippen molar-refractivity contribution in [3.8, 4) is 5.75 Å². The first-order valence-electron chi connectivity index (χ1n) is 11.9. The molecule has 1 amide bonds. The monoisotopic (exact) mass is 473 g/mol. The number of carbonyl (C=O) groups is 4. The van der Waals surface area contributed by atoms with Gasteiger partial charge in [-0.3, -0.25) is 4.79 Å². The van der Waals surface area contributed by atoms with Gasteiger partial charge in [0, 0.05) is 25.7 Å². The number of rotatable bonds is 9. The lowest BCUT2D eigenvalue weighted by Crippen LogP contribution is -2.45. The molecule has 0 spiro atoms. The number of fused-ring (bicyclic) bond motifs is 1. The molecule has 1 aliphatic heterocycles. The molecule has 1 aromatic carbocycles. The molecule has 0 bridgehead atoms. The Morgan fingerprint density at radius 3 is 2.62 bits per heavy atom. The van der Waals surface area contributed by atoms with Gasteiger partial charge in [-0.15, -0.1) is 0 Å². The van der Waals surface area contributed by atoms with Gasteiger partial charge in [0.2, 0.25) is 12.2 Å². The smallest absolute Gasteiger partial charge is 0.511 e. The van der Waals surface area contributed by atoms with Crippen LogP contribution in [0.25, 0.3) is 0 Å². The molecule has 3 rings (SSSR count). The quantitative estimate of drug-likeness (QED) is 0.330. The van der Waals surface area contributed by atoms with Crippen molar-refractivity contribution in [2.45, 2.75) is 90.0 Å². The van der Waals surface area contributed by atoms with Gasteiger partial charge in [-0.2, -0.15) is 0 Å². The molecule has 2 aliphatic rings. The minimum Gasteiger partial charge on any atom is -0.561 e. The average molecular weight is 473 g/mol. The lowest BCUT2D eigenvalue weighted by Gasteiger charge is -2.27. The summed E-state index contributed by atoms with van der Waals surface area (Å²) in [6.07, 6.45) is 4.35. The fraction of sp³-hybridized carbons (Fsp3) is 0.583. The topological polar surface area (TPSA) is 117 Å². The first kappa shape index (κ1) is 25.6. The maximum atomic E-state index is 12.7. The highest BCUT2D eigenvalue weighted by Crippen LogP contribution is 2.29. The standard InChI is InChI=1S/C24H32BNO8/c1-15(27)8-6-13-21(28)26-20-14-17-9-7-12-19(22(17)34-25-20)23(29)31-16(2)32-24(30)33-18-10-4-3-5-11-18/h7,9,12,16,18,20,25H,3-6,8,10-11,13-14H2,1-2H3,(H,26,28). The van der Waals surface area contributed by atoms with Gasteiger partial charge >= 0.3 is 19.6 Å². The molecule has 1 heterocycles. The van der Waals surface area contributed by atoms with Gasteiger partial charge in [0.15, 0.2) is 0 Å². The first-order valence-corrected chi connectivity index (χ1v) is 11.9. The molecule has 1 aliphatic carbocycles. The number of ketones is 1. The van der Waals surface area contributed by atoms with Crippen LogP contribution in [0.2, 0.25) is 0 Å². The summed E-state index contributed by atoms with van der Waals surface area (Å²) >= 11 is 0. The second-order valence-electron chi connectivity index (χ2n) is 8.85. The van der Waals surface area contributed by atoms with Gasteiger partial charge in [-0.05, 0) is 57.1 Å². The van der Waals surface area contributed by atoms with Gasteiger partial charge in [-0.1, -0.05) is 18.6 Å². The van der Waals surface area contributed by atoms with Gasteiger partial charge in [0.05, 0.1) is 0 Å². The van der Waals surface area contributed by atoms with E-state index in [0.717, 1.165) is 37.7 Å². The van der Waals surface area contributed by atoms with Crippen LogP contribution in [0.4, 0.5) is 4.79 Å². The normalized spacial score (nSPS) is 18.4. The fourth-order valence-electron chi connectivity index (χ4n) is 4.20. The SMILES string of the molecule is CC(=O)CCCC(=O)NC1BOc2c(cccc2C(=O)OC(C)OC(=O)OC2CCCCC2)C1. The van der Waals surface area contributed by atoms with Crippen molar-refractivity contribution < 1.29 is 38.0 Å². The summed E-state index contributed by atoms with van der Waals surface area (Å²) < 4.78 is 21.4. The molecule has 0 saturated heterocycles. The van der Waals surface area contributed by atoms with Crippen LogP contribution < -0.4 is 9.97 Å². The number of benzene rings is 1. The van der Waals surface area contributed by atoms with Crippen LogP contribution in [-0.4, -0.2) is 49.6 Å². The number of carbonyl (C=O) groups excluding carboxylic acids is 4. The Labute approximate surface area is 200 Å². The van der Waals surface area contributed by atoms with E-state index in [1.54, 1.807) is 12.1 Å². The zero-order valence-corrected chi connectivity index (χ0v) is 19.8. The van der Waals surface area contributed by atoms with Crippen LogP contribution in [-0.2, 0) is 30.2 Å². The van der Waals surface area contributed by atoms with Crippen molar-refractivity contribution in [2.75, 3.05) is 0 Å². The summed E-state index contributed by atoms with van der Waals surface area (Å²) in [5, 5.41) is 2.91. The van der Waals surface area contributed by atoms with E-state index in [1.165, 1.54) is 13.8 Å². The highest BCUT2D eigenvalue weighted by atomic mass is 16.8. The van der Waals surface area contributed by atoms with Crippen LogP contribution in [0.5, 0.6) is 5.75 Å². The van der Waals surface area contributed by atoms with Crippen LogP contribution in [0.3, 0.4) is 0 Å². The highest BCUT2D eigenvalue weighted by Gasteiger charge is 2.29. The largest absolute Gasteiger partial charge is 0.561 e. The molecule has 1 aromatic rings. The zero-order valence-electron chi connectivity index (χ0n) is 19.8. The fourth-order valence-corrected chi connectivity index (χ4v) is 4.20.